The first kappa shape index (κ1) is 29.9. The molecule has 1 aliphatic carbocycles. The maximum Gasteiger partial charge on any atom is 0.246 e. The van der Waals surface area contributed by atoms with E-state index in [9.17, 15) is 15.3 Å². The summed E-state index contributed by atoms with van der Waals surface area (Å²) in [5.74, 6) is 0.105. The van der Waals surface area contributed by atoms with E-state index < -0.39 is 0 Å². The fraction of sp³-hybridized carbons (Fsp3) is 0.429. The molecule has 2 aliphatic heterocycles. The van der Waals surface area contributed by atoms with E-state index >= 15 is 0 Å². The second-order valence-corrected chi connectivity index (χ2v) is 12.4. The molecule has 2 atom stereocenters. The molecular weight excluding hydrogens is 572 g/mol. The summed E-state index contributed by atoms with van der Waals surface area (Å²) in [6.07, 6.45) is 8.04. The van der Waals surface area contributed by atoms with Gasteiger partial charge in [-0.25, -0.2) is 4.98 Å². The number of piperazine rings is 1. The van der Waals surface area contributed by atoms with Gasteiger partial charge in [-0.15, -0.1) is 0 Å². The molecule has 8 nitrogen and oxygen atoms in total. The average Bonchev–Trinajstić information content (AvgIpc) is 3.46. The summed E-state index contributed by atoms with van der Waals surface area (Å²) in [5.41, 5.74) is 6.50. The van der Waals surface area contributed by atoms with Gasteiger partial charge in [-0.2, -0.15) is 10.5 Å². The number of aryl methyl sites for hydroxylation is 1. The zero-order chi connectivity index (χ0) is 30.8. The van der Waals surface area contributed by atoms with Crippen LogP contribution in [0.15, 0.2) is 43.0 Å². The number of fused-ring (bicyclic) bond motifs is 2. The molecule has 9 heteroatoms. The minimum atomic E-state index is -0.351. The molecule has 2 saturated heterocycles. The van der Waals surface area contributed by atoms with Gasteiger partial charge in [-0.05, 0) is 87.0 Å². The maximum absolute atomic E-state index is 12.6. The van der Waals surface area contributed by atoms with Gasteiger partial charge in [0, 0.05) is 41.6 Å². The van der Waals surface area contributed by atoms with Gasteiger partial charge in [0.1, 0.15) is 18.2 Å². The first-order chi connectivity index (χ1) is 21.4. The predicted octanol–water partition coefficient (Wildman–Crippen LogP) is 5.90. The molecule has 1 aromatic heterocycles. The molecule has 2 fully saturated rings. The number of halogens is 1. The summed E-state index contributed by atoms with van der Waals surface area (Å²) >= 11 is 7.08. The number of hydrogen-bond acceptors (Lipinski definition) is 7. The number of pyridine rings is 1. The van der Waals surface area contributed by atoms with Gasteiger partial charge in [0.2, 0.25) is 11.8 Å². The van der Waals surface area contributed by atoms with Crippen LogP contribution in [-0.2, 0) is 17.6 Å². The largest absolute Gasteiger partial charge is 0.475 e. The molecule has 3 aromatic rings. The third kappa shape index (κ3) is 5.61. The number of ether oxygens (including phenoxy) is 1. The summed E-state index contributed by atoms with van der Waals surface area (Å²) < 4.78 is 6.37. The van der Waals surface area contributed by atoms with Gasteiger partial charge >= 0.3 is 0 Å². The number of carbonyl (C=O) groups is 1. The van der Waals surface area contributed by atoms with E-state index in [0.29, 0.717) is 53.9 Å². The zero-order valence-corrected chi connectivity index (χ0v) is 25.9. The zero-order valence-electron chi connectivity index (χ0n) is 25.2. The lowest BCUT2D eigenvalue weighted by Crippen LogP contribution is -2.55. The van der Waals surface area contributed by atoms with Crippen molar-refractivity contribution in [3.63, 3.8) is 0 Å². The molecule has 0 saturated carbocycles. The molecule has 0 radical (unpaired) electrons. The van der Waals surface area contributed by atoms with E-state index in [1.165, 1.54) is 23.6 Å². The number of anilines is 1. The minimum absolute atomic E-state index is 0.169. The van der Waals surface area contributed by atoms with Gasteiger partial charge in [-0.1, -0.05) is 36.4 Å². The van der Waals surface area contributed by atoms with Crippen molar-refractivity contribution in [1.82, 2.24) is 14.8 Å². The van der Waals surface area contributed by atoms with Crippen LogP contribution < -0.4 is 9.64 Å². The first-order valence-corrected chi connectivity index (χ1v) is 15.9. The molecule has 1 amide bonds. The first-order valence-electron chi connectivity index (χ1n) is 15.5. The van der Waals surface area contributed by atoms with Crippen molar-refractivity contribution in [2.24, 2.45) is 0 Å². The predicted molar refractivity (Wildman–Crippen MR) is 173 cm³/mol. The van der Waals surface area contributed by atoms with Crippen molar-refractivity contribution in [1.29, 1.82) is 10.5 Å². The van der Waals surface area contributed by atoms with E-state index in [2.05, 4.69) is 53.8 Å². The number of nitriles is 2. The number of hydrogen-bond donors (Lipinski definition) is 0. The van der Waals surface area contributed by atoms with E-state index in [1.807, 2.05) is 12.1 Å². The van der Waals surface area contributed by atoms with E-state index in [4.69, 9.17) is 21.3 Å². The van der Waals surface area contributed by atoms with Crippen LogP contribution in [0.1, 0.15) is 48.8 Å². The number of amides is 1. The number of likely N-dealkylation sites (N-methyl/N-ethyl adjacent to an activating group) is 1. The van der Waals surface area contributed by atoms with Crippen molar-refractivity contribution in [3.8, 4) is 29.1 Å². The Morgan fingerprint density at radius 3 is 2.73 bits per heavy atom. The van der Waals surface area contributed by atoms with Gasteiger partial charge in [0.25, 0.3) is 0 Å². The quantitative estimate of drug-likeness (QED) is 0.308. The normalized spacial score (nSPS) is 20.2. The second-order valence-electron chi connectivity index (χ2n) is 12.0. The Kier molecular flexibility index (Phi) is 8.75. The van der Waals surface area contributed by atoms with Crippen LogP contribution in [0.4, 0.5) is 5.69 Å². The monoisotopic (exact) mass is 608 g/mol. The van der Waals surface area contributed by atoms with Crippen molar-refractivity contribution >= 4 is 34.1 Å². The number of benzene rings is 2. The Balaban J connectivity index is 1.49. The van der Waals surface area contributed by atoms with Crippen LogP contribution in [-0.4, -0.2) is 72.6 Å². The lowest BCUT2D eigenvalue weighted by molar-refractivity contribution is -0.128. The highest BCUT2D eigenvalue weighted by Gasteiger charge is 2.33. The Bertz CT molecular complexity index is 1690. The van der Waals surface area contributed by atoms with Crippen LogP contribution in [0.25, 0.3) is 22.0 Å². The highest BCUT2D eigenvalue weighted by molar-refractivity contribution is 6.34. The van der Waals surface area contributed by atoms with Crippen LogP contribution in [0.2, 0.25) is 5.02 Å². The molecule has 0 unspecified atom stereocenters. The van der Waals surface area contributed by atoms with Crippen molar-refractivity contribution in [2.75, 3.05) is 44.7 Å². The molecule has 3 heterocycles. The Morgan fingerprint density at radius 1 is 1.14 bits per heavy atom. The summed E-state index contributed by atoms with van der Waals surface area (Å²) in [5, 5.41) is 21.5. The third-order valence-electron chi connectivity index (χ3n) is 9.48. The topological polar surface area (TPSA) is 96.5 Å². The fourth-order valence-corrected chi connectivity index (χ4v) is 7.40. The van der Waals surface area contributed by atoms with Gasteiger partial charge in [0.15, 0.2) is 0 Å². The minimum Gasteiger partial charge on any atom is -0.475 e. The average molecular weight is 609 g/mol. The molecule has 226 valence electrons. The van der Waals surface area contributed by atoms with E-state index in [-0.39, 0.29) is 24.4 Å². The van der Waals surface area contributed by atoms with Crippen molar-refractivity contribution in [3.05, 3.63) is 64.7 Å². The molecule has 6 rings (SSSR count). The number of aromatic nitrogens is 1. The van der Waals surface area contributed by atoms with E-state index in [1.54, 1.807) is 4.90 Å². The number of likely N-dealkylation sites (tertiary alicyclic amines) is 1. The number of rotatable bonds is 7. The van der Waals surface area contributed by atoms with E-state index in [0.717, 1.165) is 55.2 Å². The number of nitrogens with zero attached hydrogens (tertiary/aromatic N) is 6. The van der Waals surface area contributed by atoms with Crippen LogP contribution >= 0.6 is 11.6 Å². The SMILES string of the molecule is C=CC(=O)N1CCN(c2c(C#N)c(OC[C@@H]3CCCN3C)nc3cc(-c4cccc5c4CCCC5)c(Cl)cc23)C[C@@H]1CC#N. The summed E-state index contributed by atoms with van der Waals surface area (Å²) in [6, 6.07) is 14.9. The van der Waals surface area contributed by atoms with Crippen LogP contribution in [0.3, 0.4) is 0 Å². The lowest BCUT2D eigenvalue weighted by atomic mass is 9.85. The number of carbonyl (C=O) groups excluding carboxylic acids is 1. The summed E-state index contributed by atoms with van der Waals surface area (Å²) in [7, 11) is 2.10. The summed E-state index contributed by atoms with van der Waals surface area (Å²) in [4.78, 5) is 23.6. The molecule has 3 aliphatic rings. The highest BCUT2D eigenvalue weighted by atomic mass is 35.5. The van der Waals surface area contributed by atoms with Crippen molar-refractivity contribution in [2.45, 2.75) is 57.0 Å². The van der Waals surface area contributed by atoms with Crippen LogP contribution in [0.5, 0.6) is 5.88 Å². The Hall–Kier alpha value is -4.11. The fourth-order valence-electron chi connectivity index (χ4n) is 7.13. The van der Waals surface area contributed by atoms with Gasteiger partial charge < -0.3 is 19.4 Å². The maximum atomic E-state index is 12.6. The smallest absolute Gasteiger partial charge is 0.246 e. The second kappa shape index (κ2) is 12.9. The molecule has 0 spiro atoms. The molecule has 2 aromatic carbocycles. The Morgan fingerprint density at radius 2 is 1.98 bits per heavy atom. The van der Waals surface area contributed by atoms with Gasteiger partial charge in [-0.3, -0.25) is 4.79 Å². The molecule has 44 heavy (non-hydrogen) atoms. The third-order valence-corrected chi connectivity index (χ3v) is 9.79. The molecular formula is C35H37ClN6O2. The lowest BCUT2D eigenvalue weighted by Gasteiger charge is -2.42. The summed E-state index contributed by atoms with van der Waals surface area (Å²) in [6.45, 7) is 6.37. The van der Waals surface area contributed by atoms with Crippen molar-refractivity contribution < 1.29 is 9.53 Å². The standard InChI is InChI=1S/C35H37ClN6O2/c1-3-33(43)42-17-16-41(21-24(42)13-14-37)34-29-18-31(36)28(27-12-6-9-23-8-4-5-11-26(23)27)19-32(29)39-35(30(34)20-38)44-22-25-10-7-15-40(25)2/h3,6,9,12,18-19,24-25H,1,4-5,7-8,10-11,13,15-17,21-22H2,2H3/t24-,25-/m0/s1. The Labute approximate surface area is 264 Å². The van der Waals surface area contributed by atoms with Crippen LogP contribution in [0, 0.1) is 22.7 Å². The van der Waals surface area contributed by atoms with Gasteiger partial charge in [0.05, 0.1) is 29.7 Å². The molecule has 0 bridgehead atoms. The molecule has 0 N–H and O–H groups in total. The highest BCUT2D eigenvalue weighted by Crippen LogP contribution is 2.42.